The molecule has 4 aromatic rings. The van der Waals surface area contributed by atoms with E-state index in [1.54, 1.807) is 36.7 Å². The molecule has 2 aromatic heterocycles. The van der Waals surface area contributed by atoms with Crippen LogP contribution in [-0.4, -0.2) is 70.4 Å². The van der Waals surface area contributed by atoms with E-state index < -0.39 is 23.2 Å². The van der Waals surface area contributed by atoms with Crippen molar-refractivity contribution in [1.82, 2.24) is 14.9 Å². The van der Waals surface area contributed by atoms with Crippen LogP contribution in [0.4, 0.5) is 5.69 Å². The van der Waals surface area contributed by atoms with Crippen LogP contribution >= 0.6 is 11.6 Å². The molecule has 0 bridgehead atoms. The van der Waals surface area contributed by atoms with E-state index in [-0.39, 0.29) is 34.4 Å². The number of likely N-dealkylation sites (tertiary alicyclic amines) is 1. The molecule has 40 heavy (non-hydrogen) atoms. The summed E-state index contributed by atoms with van der Waals surface area (Å²) in [6.45, 7) is 2.07. The molecule has 0 spiro atoms. The maximum Gasteiger partial charge on any atom is 0.312 e. The number of carbonyl (C=O) groups is 1. The van der Waals surface area contributed by atoms with E-state index in [1.165, 1.54) is 12.4 Å². The number of benzene rings is 2. The van der Waals surface area contributed by atoms with Gasteiger partial charge < -0.3 is 29.2 Å². The van der Waals surface area contributed by atoms with Crippen molar-refractivity contribution in [2.24, 2.45) is 5.92 Å². The van der Waals surface area contributed by atoms with Crippen LogP contribution in [0.3, 0.4) is 0 Å². The smallest absolute Gasteiger partial charge is 0.312 e. The lowest BCUT2D eigenvalue weighted by Crippen LogP contribution is -2.53. The number of fused-ring (bicyclic) bond motifs is 1. The van der Waals surface area contributed by atoms with Gasteiger partial charge >= 0.3 is 5.97 Å². The highest BCUT2D eigenvalue weighted by Gasteiger charge is 2.40. The van der Waals surface area contributed by atoms with Crippen LogP contribution in [0.25, 0.3) is 22.3 Å². The Hall–Kier alpha value is -4.15. The molecule has 2 saturated heterocycles. The zero-order chi connectivity index (χ0) is 28.0. The van der Waals surface area contributed by atoms with E-state index in [9.17, 15) is 19.8 Å². The Balaban J connectivity index is 1.34. The Kier molecular flexibility index (Phi) is 6.81. The van der Waals surface area contributed by atoms with E-state index in [4.69, 9.17) is 20.8 Å². The first-order valence-corrected chi connectivity index (χ1v) is 13.3. The van der Waals surface area contributed by atoms with E-state index in [2.05, 4.69) is 9.97 Å². The number of anilines is 1. The largest absolute Gasteiger partial charge is 0.507 e. The molecule has 0 amide bonds. The Morgan fingerprint density at radius 3 is 2.60 bits per heavy atom. The fourth-order valence-electron chi connectivity index (χ4n) is 5.53. The molecule has 2 aromatic carbocycles. The molecule has 0 saturated carbocycles. The number of hydrogen-bond donors (Lipinski definition) is 2. The summed E-state index contributed by atoms with van der Waals surface area (Å²) in [5.74, 6) is -1.56. The third-order valence-electron chi connectivity index (χ3n) is 7.66. The van der Waals surface area contributed by atoms with Crippen molar-refractivity contribution in [3.05, 3.63) is 75.9 Å². The number of halogens is 1. The number of aromatic nitrogens is 2. The summed E-state index contributed by atoms with van der Waals surface area (Å²) < 4.78 is 12.3. The lowest BCUT2D eigenvalue weighted by Gasteiger charge is -2.41. The molecule has 2 N–H and O–H groups in total. The van der Waals surface area contributed by atoms with Crippen LogP contribution in [-0.2, 0) is 9.53 Å². The molecular weight excluding hydrogens is 536 g/mol. The Morgan fingerprint density at radius 2 is 1.85 bits per heavy atom. The number of carbonyl (C=O) groups excluding carboxylic acids is 1. The Bertz CT molecular complexity index is 1640. The number of phenolic OH excluding ortho intramolecular Hbond substituents is 2. The summed E-state index contributed by atoms with van der Waals surface area (Å²) >= 11 is 6.37. The van der Waals surface area contributed by atoms with Gasteiger partial charge in [-0.25, -0.2) is 9.97 Å². The number of ether oxygens (including phenoxy) is 1. The summed E-state index contributed by atoms with van der Waals surface area (Å²) in [4.78, 5) is 38.5. The highest BCUT2D eigenvalue weighted by molar-refractivity contribution is 6.33. The maximum atomic E-state index is 13.2. The van der Waals surface area contributed by atoms with E-state index >= 15 is 0 Å². The molecule has 2 atom stereocenters. The maximum absolute atomic E-state index is 13.2. The van der Waals surface area contributed by atoms with Gasteiger partial charge in [-0.15, -0.1) is 0 Å². The molecular formula is C29H27ClN4O6. The van der Waals surface area contributed by atoms with Gasteiger partial charge in [-0.05, 0) is 32.1 Å². The van der Waals surface area contributed by atoms with Gasteiger partial charge in [0.2, 0.25) is 0 Å². The van der Waals surface area contributed by atoms with Gasteiger partial charge in [0.1, 0.15) is 40.7 Å². The van der Waals surface area contributed by atoms with Crippen molar-refractivity contribution < 1.29 is 24.2 Å². The van der Waals surface area contributed by atoms with Crippen molar-refractivity contribution in [3.8, 4) is 22.8 Å². The first kappa shape index (κ1) is 26.1. The van der Waals surface area contributed by atoms with Crippen molar-refractivity contribution in [1.29, 1.82) is 0 Å². The van der Waals surface area contributed by atoms with Crippen LogP contribution < -0.4 is 10.3 Å². The lowest BCUT2D eigenvalue weighted by atomic mass is 9.85. The fourth-order valence-corrected chi connectivity index (χ4v) is 5.76. The van der Waals surface area contributed by atoms with Crippen molar-refractivity contribution in [2.45, 2.75) is 18.4 Å². The van der Waals surface area contributed by atoms with Crippen LogP contribution in [0, 0.1) is 5.92 Å². The molecule has 2 aliphatic rings. The Labute approximate surface area is 234 Å². The molecule has 10 nitrogen and oxygen atoms in total. The molecule has 206 valence electrons. The number of piperidine rings is 1. The zero-order valence-electron chi connectivity index (χ0n) is 21.7. The van der Waals surface area contributed by atoms with Crippen LogP contribution in [0.5, 0.6) is 11.5 Å². The number of rotatable bonds is 5. The quantitative estimate of drug-likeness (QED) is 0.347. The molecule has 11 heteroatoms. The fraction of sp³-hybridized carbons (Fsp3) is 0.310. The summed E-state index contributed by atoms with van der Waals surface area (Å²) in [5.41, 5.74) is 1.24. The summed E-state index contributed by atoms with van der Waals surface area (Å²) in [7, 11) is 1.93. The highest BCUT2D eigenvalue weighted by atomic mass is 35.5. The number of esters is 1. The molecule has 2 aliphatic heterocycles. The summed E-state index contributed by atoms with van der Waals surface area (Å²) in [6.07, 6.45) is 4.76. The van der Waals surface area contributed by atoms with Crippen molar-refractivity contribution >= 4 is 34.2 Å². The van der Waals surface area contributed by atoms with Gasteiger partial charge in [0.05, 0.1) is 29.0 Å². The van der Waals surface area contributed by atoms with Crippen molar-refractivity contribution in [2.75, 3.05) is 38.1 Å². The van der Waals surface area contributed by atoms with Gasteiger partial charge in [0.25, 0.3) is 0 Å². The summed E-state index contributed by atoms with van der Waals surface area (Å²) in [5, 5.41) is 22.0. The lowest BCUT2D eigenvalue weighted by molar-refractivity contribution is -0.158. The minimum Gasteiger partial charge on any atom is -0.507 e. The number of phenols is 2. The molecule has 0 radical (unpaired) electrons. The van der Waals surface area contributed by atoms with E-state index in [0.717, 1.165) is 11.8 Å². The third kappa shape index (κ3) is 4.73. The molecule has 6 rings (SSSR count). The normalized spacial score (nSPS) is 19.9. The van der Waals surface area contributed by atoms with Gasteiger partial charge in [-0.2, -0.15) is 0 Å². The minimum atomic E-state index is -0.617. The second-order valence-electron chi connectivity index (χ2n) is 10.3. The highest BCUT2D eigenvalue weighted by Crippen LogP contribution is 2.44. The second-order valence-corrected chi connectivity index (χ2v) is 10.7. The Morgan fingerprint density at radius 1 is 1.10 bits per heavy atom. The van der Waals surface area contributed by atoms with E-state index in [1.807, 2.05) is 16.8 Å². The van der Waals surface area contributed by atoms with E-state index in [0.29, 0.717) is 48.7 Å². The average Bonchev–Trinajstić information content (AvgIpc) is 2.89. The molecule has 0 aliphatic carbocycles. The first-order chi connectivity index (χ1) is 19.3. The van der Waals surface area contributed by atoms with Crippen LogP contribution in [0.2, 0.25) is 5.02 Å². The van der Waals surface area contributed by atoms with Gasteiger partial charge in [0, 0.05) is 48.8 Å². The SMILES string of the molecule is CN1CC[C@H](c2c(O)cc(O)c3c(=O)cc(-c4ccccc4Cl)oc23)[C@H](OC(=O)C2CN(c3cncnc3)C2)C1. The topological polar surface area (TPSA) is 129 Å². The standard InChI is InChI=1S/C29H27ClN4O6/c1-33-7-6-19(25(14-33)40-29(38)16-12-34(13-16)17-10-31-15-32-11-17)26-21(35)8-22(36)27-23(37)9-24(39-28(26)27)18-4-2-3-5-20(18)30/h2-5,8-11,15-16,19,25,35-36H,6-7,12-14H2,1H3/t19-,25+/m0/s1. The van der Waals surface area contributed by atoms with Crippen molar-refractivity contribution in [3.63, 3.8) is 0 Å². The van der Waals surface area contributed by atoms with Crippen LogP contribution in [0.1, 0.15) is 17.9 Å². The zero-order valence-corrected chi connectivity index (χ0v) is 22.4. The molecule has 2 fully saturated rings. The monoisotopic (exact) mass is 562 g/mol. The average molecular weight is 563 g/mol. The number of nitrogens with zero attached hydrogens (tertiary/aromatic N) is 4. The third-order valence-corrected chi connectivity index (χ3v) is 7.99. The molecule has 0 unspecified atom stereocenters. The van der Waals surface area contributed by atoms with Gasteiger partial charge in [-0.3, -0.25) is 9.59 Å². The predicted molar refractivity (Wildman–Crippen MR) is 149 cm³/mol. The number of aromatic hydroxyl groups is 2. The predicted octanol–water partition coefficient (Wildman–Crippen LogP) is 3.78. The second kappa shape index (κ2) is 10.4. The molecule has 4 heterocycles. The minimum absolute atomic E-state index is 0.0488. The first-order valence-electron chi connectivity index (χ1n) is 13.0. The number of likely N-dealkylation sites (N-methyl/N-ethyl adjacent to an activating group) is 1. The van der Waals surface area contributed by atoms with Gasteiger partial charge in [0.15, 0.2) is 5.43 Å². The summed E-state index contributed by atoms with van der Waals surface area (Å²) in [6, 6.07) is 9.36. The number of hydrogen-bond acceptors (Lipinski definition) is 10. The van der Waals surface area contributed by atoms with Gasteiger partial charge in [-0.1, -0.05) is 23.7 Å². The van der Waals surface area contributed by atoms with Crippen LogP contribution in [0.15, 0.2) is 64.3 Å².